The standard InChI is InChI=1S/C11H20N2OS2/c1-2-4-9(10(12)15)11(14)13-7-8-5-3-6-16-8/h8-9H,2-7H2,1H3,(H2,12,15)(H,13,14). The number of thioether (sulfide) groups is 1. The molecule has 0 aromatic heterocycles. The van der Waals surface area contributed by atoms with E-state index >= 15 is 0 Å². The smallest absolute Gasteiger partial charge is 0.229 e. The first-order valence-electron chi connectivity index (χ1n) is 5.83. The van der Waals surface area contributed by atoms with Crippen molar-refractivity contribution in [3.63, 3.8) is 0 Å². The van der Waals surface area contributed by atoms with Gasteiger partial charge in [0.2, 0.25) is 5.91 Å². The average molecular weight is 260 g/mol. The third kappa shape index (κ3) is 4.29. The fourth-order valence-electron chi connectivity index (χ4n) is 1.83. The van der Waals surface area contributed by atoms with Crippen LogP contribution in [0.15, 0.2) is 0 Å². The summed E-state index contributed by atoms with van der Waals surface area (Å²) in [6.07, 6.45) is 4.14. The van der Waals surface area contributed by atoms with Crippen LogP contribution in [0.25, 0.3) is 0 Å². The van der Waals surface area contributed by atoms with Crippen LogP contribution < -0.4 is 11.1 Å². The molecular formula is C11H20N2OS2. The van der Waals surface area contributed by atoms with Crippen LogP contribution in [0, 0.1) is 5.92 Å². The quantitative estimate of drug-likeness (QED) is 0.714. The van der Waals surface area contributed by atoms with Crippen LogP contribution in [0.4, 0.5) is 0 Å². The molecule has 5 heteroatoms. The van der Waals surface area contributed by atoms with Gasteiger partial charge >= 0.3 is 0 Å². The zero-order valence-corrected chi connectivity index (χ0v) is 11.3. The number of nitrogens with one attached hydrogen (secondary N) is 1. The third-order valence-corrected chi connectivity index (χ3v) is 4.45. The first kappa shape index (κ1) is 13.8. The maximum Gasteiger partial charge on any atom is 0.229 e. The molecule has 3 N–H and O–H groups in total. The van der Waals surface area contributed by atoms with Crippen molar-refractivity contribution in [2.45, 2.75) is 37.9 Å². The van der Waals surface area contributed by atoms with E-state index < -0.39 is 0 Å². The van der Waals surface area contributed by atoms with Gasteiger partial charge in [-0.05, 0) is 25.0 Å². The van der Waals surface area contributed by atoms with E-state index in [-0.39, 0.29) is 11.8 Å². The second kappa shape index (κ2) is 7.12. The van der Waals surface area contributed by atoms with Crippen molar-refractivity contribution in [3.05, 3.63) is 0 Å². The van der Waals surface area contributed by atoms with Gasteiger partial charge in [-0.3, -0.25) is 4.79 Å². The summed E-state index contributed by atoms with van der Waals surface area (Å²) in [6, 6.07) is 0. The molecular weight excluding hydrogens is 240 g/mol. The Morgan fingerprint density at radius 2 is 2.44 bits per heavy atom. The summed E-state index contributed by atoms with van der Waals surface area (Å²) in [4.78, 5) is 12.2. The molecule has 1 rings (SSSR count). The van der Waals surface area contributed by atoms with Crippen molar-refractivity contribution >= 4 is 34.9 Å². The Kier molecular flexibility index (Phi) is 6.13. The van der Waals surface area contributed by atoms with Crippen LogP contribution in [-0.4, -0.2) is 28.4 Å². The highest BCUT2D eigenvalue weighted by Gasteiger charge is 2.22. The molecule has 2 atom stereocenters. The van der Waals surface area contributed by atoms with E-state index in [0.717, 1.165) is 19.4 Å². The topological polar surface area (TPSA) is 55.1 Å². The molecule has 1 aliphatic rings. The Labute approximate surface area is 107 Å². The minimum Gasteiger partial charge on any atom is -0.393 e. The Hall–Kier alpha value is -0.290. The molecule has 0 aromatic carbocycles. The molecule has 0 radical (unpaired) electrons. The van der Waals surface area contributed by atoms with Crippen LogP contribution in [0.2, 0.25) is 0 Å². The highest BCUT2D eigenvalue weighted by atomic mass is 32.2. The monoisotopic (exact) mass is 260 g/mol. The third-order valence-electron chi connectivity index (χ3n) is 2.77. The molecule has 1 heterocycles. The molecule has 0 saturated carbocycles. The lowest BCUT2D eigenvalue weighted by Crippen LogP contribution is -2.40. The summed E-state index contributed by atoms with van der Waals surface area (Å²) in [5.74, 6) is 0.932. The van der Waals surface area contributed by atoms with E-state index in [2.05, 4.69) is 5.32 Å². The van der Waals surface area contributed by atoms with Gasteiger partial charge in [0.1, 0.15) is 0 Å². The molecule has 2 unspecified atom stereocenters. The van der Waals surface area contributed by atoms with Gasteiger partial charge in [-0.25, -0.2) is 0 Å². The van der Waals surface area contributed by atoms with Gasteiger partial charge in [0, 0.05) is 11.8 Å². The SMILES string of the molecule is CCCC(C(=O)NCC1CCCS1)C(N)=S. The van der Waals surface area contributed by atoms with Crippen molar-refractivity contribution in [1.29, 1.82) is 0 Å². The number of carbonyl (C=O) groups is 1. The molecule has 1 fully saturated rings. The van der Waals surface area contributed by atoms with Gasteiger partial charge in [-0.1, -0.05) is 25.6 Å². The summed E-state index contributed by atoms with van der Waals surface area (Å²) in [7, 11) is 0. The first-order valence-corrected chi connectivity index (χ1v) is 7.29. The average Bonchev–Trinajstić information content (AvgIpc) is 2.75. The Bertz CT molecular complexity index is 252. The summed E-state index contributed by atoms with van der Waals surface area (Å²) in [5, 5.41) is 3.54. The van der Waals surface area contributed by atoms with E-state index in [1.54, 1.807) is 0 Å². The minimum atomic E-state index is -0.286. The van der Waals surface area contributed by atoms with Crippen LogP contribution in [0.1, 0.15) is 32.6 Å². The zero-order valence-electron chi connectivity index (χ0n) is 9.70. The van der Waals surface area contributed by atoms with E-state index in [1.807, 2.05) is 18.7 Å². The van der Waals surface area contributed by atoms with Gasteiger partial charge in [0.05, 0.1) is 10.9 Å². The lowest BCUT2D eigenvalue weighted by molar-refractivity contribution is -0.123. The summed E-state index contributed by atoms with van der Waals surface area (Å²) < 4.78 is 0. The number of amides is 1. The second-order valence-electron chi connectivity index (χ2n) is 4.12. The number of nitrogens with two attached hydrogens (primary N) is 1. The Morgan fingerprint density at radius 1 is 1.69 bits per heavy atom. The fourth-order valence-corrected chi connectivity index (χ4v) is 3.26. The molecule has 92 valence electrons. The van der Waals surface area contributed by atoms with Crippen molar-refractivity contribution in [1.82, 2.24) is 5.32 Å². The number of hydrogen-bond acceptors (Lipinski definition) is 3. The minimum absolute atomic E-state index is 0.00171. The van der Waals surface area contributed by atoms with Gasteiger partial charge in [-0.15, -0.1) is 0 Å². The maximum absolute atomic E-state index is 11.8. The molecule has 0 bridgehead atoms. The molecule has 3 nitrogen and oxygen atoms in total. The molecule has 0 aliphatic carbocycles. The lowest BCUT2D eigenvalue weighted by Gasteiger charge is -2.16. The number of rotatable bonds is 6. The zero-order chi connectivity index (χ0) is 12.0. The molecule has 1 amide bonds. The number of hydrogen-bond donors (Lipinski definition) is 2. The maximum atomic E-state index is 11.8. The largest absolute Gasteiger partial charge is 0.393 e. The molecule has 1 aliphatic heterocycles. The first-order chi connectivity index (χ1) is 7.65. The fraction of sp³-hybridized carbons (Fsp3) is 0.818. The van der Waals surface area contributed by atoms with Gasteiger partial charge in [0.25, 0.3) is 0 Å². The van der Waals surface area contributed by atoms with E-state index in [0.29, 0.717) is 10.2 Å². The van der Waals surface area contributed by atoms with E-state index in [9.17, 15) is 4.79 Å². The highest BCUT2D eigenvalue weighted by Crippen LogP contribution is 2.25. The summed E-state index contributed by atoms with van der Waals surface area (Å²) in [5.41, 5.74) is 5.57. The Balaban J connectivity index is 2.33. The normalized spacial score (nSPS) is 21.7. The van der Waals surface area contributed by atoms with Crippen LogP contribution >= 0.6 is 24.0 Å². The molecule has 1 saturated heterocycles. The highest BCUT2D eigenvalue weighted by molar-refractivity contribution is 8.00. The van der Waals surface area contributed by atoms with Crippen molar-refractivity contribution in [3.8, 4) is 0 Å². The van der Waals surface area contributed by atoms with Crippen molar-refractivity contribution in [2.75, 3.05) is 12.3 Å². The predicted octanol–water partition coefficient (Wildman–Crippen LogP) is 1.70. The van der Waals surface area contributed by atoms with Crippen LogP contribution in [0.3, 0.4) is 0 Å². The van der Waals surface area contributed by atoms with E-state index in [4.69, 9.17) is 18.0 Å². The molecule has 0 aromatic rings. The van der Waals surface area contributed by atoms with Gasteiger partial charge in [-0.2, -0.15) is 11.8 Å². The summed E-state index contributed by atoms with van der Waals surface area (Å²) >= 11 is 6.86. The van der Waals surface area contributed by atoms with Crippen LogP contribution in [-0.2, 0) is 4.79 Å². The van der Waals surface area contributed by atoms with Crippen molar-refractivity contribution < 1.29 is 4.79 Å². The summed E-state index contributed by atoms with van der Waals surface area (Å²) in [6.45, 7) is 2.79. The predicted molar refractivity (Wildman–Crippen MR) is 73.7 cm³/mol. The van der Waals surface area contributed by atoms with Gasteiger partial charge in [0.15, 0.2) is 0 Å². The number of carbonyl (C=O) groups excluding carboxylic acids is 1. The second-order valence-corrected chi connectivity index (χ2v) is 6.00. The van der Waals surface area contributed by atoms with Crippen LogP contribution in [0.5, 0.6) is 0 Å². The lowest BCUT2D eigenvalue weighted by atomic mass is 10.0. The Morgan fingerprint density at radius 3 is 2.94 bits per heavy atom. The number of thiocarbonyl (C=S) groups is 1. The van der Waals surface area contributed by atoms with Crippen molar-refractivity contribution in [2.24, 2.45) is 11.7 Å². The van der Waals surface area contributed by atoms with E-state index in [1.165, 1.54) is 18.6 Å². The van der Waals surface area contributed by atoms with Gasteiger partial charge < -0.3 is 11.1 Å². The molecule has 0 spiro atoms. The molecule has 16 heavy (non-hydrogen) atoms.